The highest BCUT2D eigenvalue weighted by Crippen LogP contribution is 2.35. The van der Waals surface area contributed by atoms with Crippen molar-refractivity contribution >= 4 is 70.3 Å². The molecule has 5 nitrogen and oxygen atoms in total. The van der Waals surface area contributed by atoms with Crippen molar-refractivity contribution in [2.24, 2.45) is 0 Å². The summed E-state index contributed by atoms with van der Waals surface area (Å²) in [6, 6.07) is 0.474. The molecule has 2 rings (SSSR count). The summed E-state index contributed by atoms with van der Waals surface area (Å²) in [6.45, 7) is 0. The molecule has 2 unspecified atom stereocenters. The Hall–Kier alpha value is 0.620. The minimum absolute atomic E-state index is 0.0116. The normalized spacial score (nSPS) is 26.7. The van der Waals surface area contributed by atoms with Gasteiger partial charge in [-0.2, -0.15) is 0 Å². The molecule has 108 valence electrons. The van der Waals surface area contributed by atoms with Gasteiger partial charge < -0.3 is 0 Å². The summed E-state index contributed by atoms with van der Waals surface area (Å²) in [5, 5.41) is -0.481. The number of rotatable bonds is 3. The Labute approximate surface area is 133 Å². The summed E-state index contributed by atoms with van der Waals surface area (Å²) in [7, 11) is -7.12. The van der Waals surface area contributed by atoms with Crippen LogP contribution in [0.4, 0.5) is 0 Å². The number of halogens is 3. The van der Waals surface area contributed by atoms with Crippen LogP contribution in [0.2, 0.25) is 5.02 Å². The molecule has 11 heteroatoms. The molecule has 0 saturated carbocycles. The van der Waals surface area contributed by atoms with E-state index in [9.17, 15) is 16.8 Å². The van der Waals surface area contributed by atoms with Crippen LogP contribution in [0.15, 0.2) is 14.1 Å². The monoisotopic (exact) mass is 427 g/mol. The Morgan fingerprint density at radius 1 is 1.42 bits per heavy atom. The van der Waals surface area contributed by atoms with E-state index in [0.717, 1.165) is 11.3 Å². The third-order valence-electron chi connectivity index (χ3n) is 2.48. The second kappa shape index (κ2) is 5.43. The van der Waals surface area contributed by atoms with Crippen LogP contribution < -0.4 is 4.72 Å². The first-order valence-corrected chi connectivity index (χ1v) is 10.7. The minimum atomic E-state index is -3.82. The molecular weight excluding hydrogens is 421 g/mol. The average molecular weight is 429 g/mol. The average Bonchev–Trinajstić information content (AvgIpc) is 2.68. The molecule has 1 aliphatic heterocycles. The van der Waals surface area contributed by atoms with E-state index in [-0.39, 0.29) is 20.7 Å². The molecule has 2 heterocycles. The predicted molar refractivity (Wildman–Crippen MR) is 79.4 cm³/mol. The molecule has 0 bridgehead atoms. The summed E-state index contributed by atoms with van der Waals surface area (Å²) >= 11 is 15.7. The van der Waals surface area contributed by atoms with E-state index in [2.05, 4.69) is 20.7 Å². The van der Waals surface area contributed by atoms with Crippen LogP contribution in [0.1, 0.15) is 0 Å². The van der Waals surface area contributed by atoms with Crippen LogP contribution in [-0.4, -0.2) is 39.8 Å². The van der Waals surface area contributed by atoms with Crippen molar-refractivity contribution in [2.75, 3.05) is 11.5 Å². The van der Waals surface area contributed by atoms with E-state index >= 15 is 0 Å². The molecule has 1 aliphatic rings. The van der Waals surface area contributed by atoms with Crippen molar-refractivity contribution < 1.29 is 16.8 Å². The van der Waals surface area contributed by atoms with E-state index in [4.69, 9.17) is 23.2 Å². The van der Waals surface area contributed by atoms with Crippen LogP contribution in [0.3, 0.4) is 0 Å². The summed E-state index contributed by atoms with van der Waals surface area (Å²) < 4.78 is 49.7. The maximum atomic E-state index is 12.1. The maximum absolute atomic E-state index is 12.1. The lowest BCUT2D eigenvalue weighted by atomic mass is 10.3. The number of sulfone groups is 1. The Morgan fingerprint density at radius 3 is 2.47 bits per heavy atom. The van der Waals surface area contributed by atoms with Gasteiger partial charge in [-0.15, -0.1) is 22.9 Å². The zero-order valence-corrected chi connectivity index (χ0v) is 14.7. The topological polar surface area (TPSA) is 80.3 Å². The zero-order chi connectivity index (χ0) is 14.4. The summed E-state index contributed by atoms with van der Waals surface area (Å²) in [5.41, 5.74) is 0. The maximum Gasteiger partial charge on any atom is 0.250 e. The van der Waals surface area contributed by atoms with Gasteiger partial charge in [-0.05, 0) is 22.0 Å². The summed E-state index contributed by atoms with van der Waals surface area (Å²) in [4.78, 5) is 0. The number of alkyl halides is 1. The van der Waals surface area contributed by atoms with E-state index < -0.39 is 31.3 Å². The van der Waals surface area contributed by atoms with E-state index in [1.54, 1.807) is 0 Å². The van der Waals surface area contributed by atoms with Crippen LogP contribution in [0.25, 0.3) is 0 Å². The minimum Gasteiger partial charge on any atom is -0.229 e. The first-order valence-electron chi connectivity index (χ1n) is 4.92. The van der Waals surface area contributed by atoms with Crippen molar-refractivity contribution in [1.29, 1.82) is 0 Å². The molecule has 1 saturated heterocycles. The molecule has 1 fully saturated rings. The summed E-state index contributed by atoms with van der Waals surface area (Å²) in [5.74, 6) is -0.517. The Kier molecular flexibility index (Phi) is 4.57. The SMILES string of the molecule is O=S1(=O)CC(Cl)C(NS(=O)(=O)c2cc(Cl)c(Br)s2)C1. The fourth-order valence-electron chi connectivity index (χ4n) is 1.63. The smallest absolute Gasteiger partial charge is 0.229 e. The van der Waals surface area contributed by atoms with Gasteiger partial charge in [0.2, 0.25) is 10.0 Å². The third kappa shape index (κ3) is 3.63. The molecule has 0 aliphatic carbocycles. The van der Waals surface area contributed by atoms with Gasteiger partial charge >= 0.3 is 0 Å². The van der Waals surface area contributed by atoms with E-state index in [1.807, 2.05) is 0 Å². The first kappa shape index (κ1) is 16.0. The van der Waals surface area contributed by atoms with Crippen LogP contribution in [0.5, 0.6) is 0 Å². The molecule has 0 spiro atoms. The zero-order valence-electron chi connectivity index (χ0n) is 9.14. The van der Waals surface area contributed by atoms with Crippen molar-refractivity contribution in [1.82, 2.24) is 4.72 Å². The van der Waals surface area contributed by atoms with E-state index in [1.165, 1.54) is 6.07 Å². The van der Waals surface area contributed by atoms with Crippen molar-refractivity contribution in [2.45, 2.75) is 15.6 Å². The van der Waals surface area contributed by atoms with Gasteiger partial charge in [-0.1, -0.05) is 11.6 Å². The Balaban J connectivity index is 2.23. The molecule has 0 aromatic carbocycles. The summed E-state index contributed by atoms with van der Waals surface area (Å²) in [6.07, 6.45) is 0. The number of nitrogens with one attached hydrogen (secondary N) is 1. The fraction of sp³-hybridized carbons (Fsp3) is 0.500. The van der Waals surface area contributed by atoms with Gasteiger partial charge in [0.1, 0.15) is 4.21 Å². The molecule has 1 aromatic heterocycles. The highest BCUT2D eigenvalue weighted by Gasteiger charge is 2.39. The highest BCUT2D eigenvalue weighted by molar-refractivity contribution is 9.11. The number of hydrogen-bond acceptors (Lipinski definition) is 5. The Bertz CT molecular complexity index is 680. The number of thiophene rings is 1. The lowest BCUT2D eigenvalue weighted by molar-refractivity contribution is 0.565. The van der Waals surface area contributed by atoms with Crippen molar-refractivity contribution in [3.63, 3.8) is 0 Å². The van der Waals surface area contributed by atoms with Gasteiger partial charge in [0, 0.05) is 0 Å². The quantitative estimate of drug-likeness (QED) is 0.745. The molecule has 1 N–H and O–H groups in total. The molecule has 1 aromatic rings. The van der Waals surface area contributed by atoms with Crippen molar-refractivity contribution in [3.05, 3.63) is 14.9 Å². The number of hydrogen-bond donors (Lipinski definition) is 1. The molecule has 2 atom stereocenters. The molecule has 0 amide bonds. The van der Waals surface area contributed by atoms with Gasteiger partial charge in [0.15, 0.2) is 9.84 Å². The number of sulfonamides is 1. The van der Waals surface area contributed by atoms with Gasteiger partial charge in [-0.3, -0.25) is 0 Å². The van der Waals surface area contributed by atoms with E-state index in [0.29, 0.717) is 3.79 Å². The molecule has 0 radical (unpaired) electrons. The second-order valence-corrected chi connectivity index (χ2v) is 11.4. The van der Waals surface area contributed by atoms with Crippen LogP contribution >= 0.6 is 50.5 Å². The van der Waals surface area contributed by atoms with Gasteiger partial charge in [-0.25, -0.2) is 21.6 Å². The lowest BCUT2D eigenvalue weighted by Crippen LogP contribution is -2.40. The van der Waals surface area contributed by atoms with Gasteiger partial charge in [0.05, 0.1) is 31.7 Å². The third-order valence-corrected chi connectivity index (χ3v) is 9.29. The van der Waals surface area contributed by atoms with Gasteiger partial charge in [0.25, 0.3) is 0 Å². The predicted octanol–water partition coefficient (Wildman–Crippen LogP) is 1.85. The molecular formula is C8H8BrCl2NO4S3. The second-order valence-electron chi connectivity index (χ2n) is 4.01. The van der Waals surface area contributed by atoms with Crippen LogP contribution in [-0.2, 0) is 19.9 Å². The largest absolute Gasteiger partial charge is 0.250 e. The first-order chi connectivity index (χ1) is 8.61. The fourth-order valence-corrected chi connectivity index (χ4v) is 8.05. The Morgan fingerprint density at radius 2 is 2.05 bits per heavy atom. The highest BCUT2D eigenvalue weighted by atomic mass is 79.9. The molecule has 19 heavy (non-hydrogen) atoms. The van der Waals surface area contributed by atoms with Crippen LogP contribution in [0, 0.1) is 0 Å². The van der Waals surface area contributed by atoms with Crippen molar-refractivity contribution in [3.8, 4) is 0 Å². The standard InChI is InChI=1S/C8H8BrCl2NO4S3/c9-8-4(10)1-7(17-8)19(15,16)12-6-3-18(13,14)2-5(6)11/h1,5-6,12H,2-3H2. The lowest BCUT2D eigenvalue weighted by Gasteiger charge is -2.13.